The normalized spacial score (nSPS) is 28.3. The molecule has 0 spiro atoms. The van der Waals surface area contributed by atoms with Gasteiger partial charge in [-0.1, -0.05) is 12.1 Å². The number of carbonyl (C=O) groups is 1. The summed E-state index contributed by atoms with van der Waals surface area (Å²) in [5.41, 5.74) is 0.676. The van der Waals surface area contributed by atoms with E-state index in [-0.39, 0.29) is 17.9 Å². The van der Waals surface area contributed by atoms with Crippen LogP contribution in [0.3, 0.4) is 0 Å². The van der Waals surface area contributed by atoms with Crippen LogP contribution in [0.15, 0.2) is 24.3 Å². The van der Waals surface area contributed by atoms with Gasteiger partial charge in [-0.05, 0) is 31.4 Å². The summed E-state index contributed by atoms with van der Waals surface area (Å²) in [5, 5.41) is 0. The zero-order valence-corrected chi connectivity index (χ0v) is 9.73. The molecule has 0 aromatic heterocycles. The Morgan fingerprint density at radius 1 is 1.12 bits per heavy atom. The highest BCUT2D eigenvalue weighted by Crippen LogP contribution is 2.37. The second-order valence-electron chi connectivity index (χ2n) is 5.04. The molecule has 3 rings (SSSR count). The van der Waals surface area contributed by atoms with Gasteiger partial charge in [-0.15, -0.1) is 0 Å². The lowest BCUT2D eigenvalue weighted by molar-refractivity contribution is -0.121. The number of nitrogens with zero attached hydrogens (tertiary/aromatic N) is 1. The number of anilines is 1. The van der Waals surface area contributed by atoms with Crippen molar-refractivity contribution in [2.75, 3.05) is 4.90 Å². The van der Waals surface area contributed by atoms with Crippen LogP contribution < -0.4 is 4.90 Å². The summed E-state index contributed by atoms with van der Waals surface area (Å²) < 4.78 is 13.9. The molecule has 2 saturated heterocycles. The summed E-state index contributed by atoms with van der Waals surface area (Å²) in [5.74, 6) is 0.172. The average molecular weight is 233 g/mol. The molecular formula is C14H16FNO. The Morgan fingerprint density at radius 2 is 1.76 bits per heavy atom. The molecule has 0 radical (unpaired) electrons. The van der Waals surface area contributed by atoms with Crippen LogP contribution in [0.5, 0.6) is 0 Å². The predicted molar refractivity (Wildman–Crippen MR) is 64.5 cm³/mol. The van der Waals surface area contributed by atoms with Crippen LogP contribution in [0.4, 0.5) is 10.1 Å². The molecule has 2 fully saturated rings. The first-order valence-electron chi connectivity index (χ1n) is 6.30. The molecule has 2 heterocycles. The first-order valence-corrected chi connectivity index (χ1v) is 6.30. The Labute approximate surface area is 100 Å². The summed E-state index contributed by atoms with van der Waals surface area (Å²) in [7, 11) is 0. The topological polar surface area (TPSA) is 20.3 Å². The summed E-state index contributed by atoms with van der Waals surface area (Å²) in [6, 6.07) is 7.34. The largest absolute Gasteiger partial charge is 0.362 e. The number of benzene rings is 1. The number of hydrogen-bond acceptors (Lipinski definition) is 2. The molecule has 2 unspecified atom stereocenters. The molecule has 17 heavy (non-hydrogen) atoms. The minimum Gasteiger partial charge on any atom is -0.362 e. The maximum Gasteiger partial charge on any atom is 0.146 e. The summed E-state index contributed by atoms with van der Waals surface area (Å²) in [4.78, 5) is 13.8. The Kier molecular flexibility index (Phi) is 2.61. The van der Waals surface area contributed by atoms with E-state index in [0.29, 0.717) is 24.3 Å². The van der Waals surface area contributed by atoms with E-state index in [1.54, 1.807) is 6.07 Å². The number of piperidine rings is 2. The van der Waals surface area contributed by atoms with E-state index in [4.69, 9.17) is 0 Å². The first-order chi connectivity index (χ1) is 8.25. The number of hydrogen-bond donors (Lipinski definition) is 0. The van der Waals surface area contributed by atoms with Crippen molar-refractivity contribution in [2.45, 2.75) is 44.2 Å². The van der Waals surface area contributed by atoms with Crippen molar-refractivity contribution in [3.8, 4) is 0 Å². The zero-order chi connectivity index (χ0) is 11.8. The standard InChI is InChI=1S/C14H16FNO/c15-13-6-1-2-7-14(13)16-10-4-3-5-11(16)9-12(17)8-10/h1-2,6-7,10-11H,3-5,8-9H2. The van der Waals surface area contributed by atoms with Crippen molar-refractivity contribution in [3.05, 3.63) is 30.1 Å². The van der Waals surface area contributed by atoms with E-state index in [0.717, 1.165) is 19.3 Å². The van der Waals surface area contributed by atoms with Crippen LogP contribution in [0, 0.1) is 5.82 Å². The van der Waals surface area contributed by atoms with Crippen molar-refractivity contribution >= 4 is 11.5 Å². The SMILES string of the molecule is O=C1CC2CCCC(C1)N2c1ccccc1F. The third kappa shape index (κ3) is 1.84. The van der Waals surface area contributed by atoms with Crippen LogP contribution >= 0.6 is 0 Å². The molecule has 0 aliphatic carbocycles. The maximum atomic E-state index is 13.9. The third-order valence-corrected chi connectivity index (χ3v) is 3.92. The van der Waals surface area contributed by atoms with Gasteiger partial charge in [0.2, 0.25) is 0 Å². The van der Waals surface area contributed by atoms with Crippen molar-refractivity contribution in [1.29, 1.82) is 0 Å². The van der Waals surface area contributed by atoms with Crippen molar-refractivity contribution in [3.63, 3.8) is 0 Å². The minimum atomic E-state index is -0.168. The molecular weight excluding hydrogens is 217 g/mol. The second kappa shape index (κ2) is 4.13. The lowest BCUT2D eigenvalue weighted by Gasteiger charge is -2.47. The van der Waals surface area contributed by atoms with E-state index in [9.17, 15) is 9.18 Å². The molecule has 1 aromatic carbocycles. The molecule has 2 aliphatic rings. The number of para-hydroxylation sites is 1. The van der Waals surface area contributed by atoms with Gasteiger partial charge >= 0.3 is 0 Å². The molecule has 2 atom stereocenters. The van der Waals surface area contributed by atoms with Gasteiger partial charge in [-0.25, -0.2) is 4.39 Å². The number of Topliss-reactive ketones (excluding diaryl/α,β-unsaturated/α-hetero) is 1. The molecule has 2 nitrogen and oxygen atoms in total. The van der Waals surface area contributed by atoms with Gasteiger partial charge in [0.25, 0.3) is 0 Å². The number of rotatable bonds is 1. The molecule has 90 valence electrons. The molecule has 1 aromatic rings. The van der Waals surface area contributed by atoms with Gasteiger partial charge in [-0.2, -0.15) is 0 Å². The zero-order valence-electron chi connectivity index (χ0n) is 9.73. The van der Waals surface area contributed by atoms with Crippen LogP contribution in [-0.2, 0) is 4.79 Å². The number of fused-ring (bicyclic) bond motifs is 2. The maximum absolute atomic E-state index is 13.9. The van der Waals surface area contributed by atoms with Gasteiger partial charge in [0.1, 0.15) is 11.6 Å². The molecule has 2 bridgehead atoms. The van der Waals surface area contributed by atoms with Crippen LogP contribution in [0.1, 0.15) is 32.1 Å². The highest BCUT2D eigenvalue weighted by Gasteiger charge is 2.38. The Hall–Kier alpha value is -1.38. The molecule has 2 aliphatic heterocycles. The Balaban J connectivity index is 1.97. The number of ketones is 1. The molecule has 3 heteroatoms. The molecule has 0 amide bonds. The summed E-state index contributed by atoms with van der Waals surface area (Å²) >= 11 is 0. The molecule has 0 N–H and O–H groups in total. The highest BCUT2D eigenvalue weighted by atomic mass is 19.1. The molecule has 0 saturated carbocycles. The average Bonchev–Trinajstić information content (AvgIpc) is 2.29. The van der Waals surface area contributed by atoms with Crippen molar-refractivity contribution in [2.24, 2.45) is 0 Å². The predicted octanol–water partition coefficient (Wildman–Crippen LogP) is 2.92. The smallest absolute Gasteiger partial charge is 0.146 e. The lowest BCUT2D eigenvalue weighted by atomic mass is 9.83. The monoisotopic (exact) mass is 233 g/mol. The Bertz CT molecular complexity index is 430. The fourth-order valence-electron chi connectivity index (χ4n) is 3.23. The van der Waals surface area contributed by atoms with E-state index in [2.05, 4.69) is 4.90 Å². The van der Waals surface area contributed by atoms with Crippen molar-refractivity contribution < 1.29 is 9.18 Å². The summed E-state index contributed by atoms with van der Waals surface area (Å²) in [6.07, 6.45) is 4.36. The first kappa shape index (κ1) is 10.8. The second-order valence-corrected chi connectivity index (χ2v) is 5.04. The minimum absolute atomic E-state index is 0.168. The fourth-order valence-corrected chi connectivity index (χ4v) is 3.23. The van der Waals surface area contributed by atoms with Gasteiger partial charge in [-0.3, -0.25) is 4.79 Å². The van der Waals surface area contributed by atoms with E-state index < -0.39 is 0 Å². The van der Waals surface area contributed by atoms with Gasteiger partial charge < -0.3 is 4.90 Å². The highest BCUT2D eigenvalue weighted by molar-refractivity contribution is 5.82. The van der Waals surface area contributed by atoms with Gasteiger partial charge in [0.15, 0.2) is 0 Å². The fraction of sp³-hybridized carbons (Fsp3) is 0.500. The quantitative estimate of drug-likeness (QED) is 0.743. The van der Waals surface area contributed by atoms with Crippen LogP contribution in [0.2, 0.25) is 0 Å². The van der Waals surface area contributed by atoms with Crippen molar-refractivity contribution in [1.82, 2.24) is 0 Å². The van der Waals surface area contributed by atoms with Gasteiger partial charge in [0.05, 0.1) is 5.69 Å². The van der Waals surface area contributed by atoms with Crippen LogP contribution in [0.25, 0.3) is 0 Å². The van der Waals surface area contributed by atoms with E-state index >= 15 is 0 Å². The number of carbonyl (C=O) groups excluding carboxylic acids is 1. The number of halogens is 1. The van der Waals surface area contributed by atoms with Gasteiger partial charge in [0, 0.05) is 24.9 Å². The van der Waals surface area contributed by atoms with Crippen LogP contribution in [-0.4, -0.2) is 17.9 Å². The van der Waals surface area contributed by atoms with E-state index in [1.165, 1.54) is 6.07 Å². The third-order valence-electron chi connectivity index (χ3n) is 3.92. The lowest BCUT2D eigenvalue weighted by Crippen LogP contribution is -2.52. The Morgan fingerprint density at radius 3 is 2.41 bits per heavy atom. The summed E-state index contributed by atoms with van der Waals surface area (Å²) in [6.45, 7) is 0. The van der Waals surface area contributed by atoms with E-state index in [1.807, 2.05) is 12.1 Å².